The van der Waals surface area contributed by atoms with Gasteiger partial charge in [-0.25, -0.2) is 14.1 Å². The molecule has 2 rings (SSSR count). The molecule has 1 aromatic carbocycles. The fourth-order valence-corrected chi connectivity index (χ4v) is 2.15. The van der Waals surface area contributed by atoms with Crippen molar-refractivity contribution in [1.29, 1.82) is 0 Å². The monoisotopic (exact) mass is 292 g/mol. The maximum Gasteiger partial charge on any atom is 0.150 e. The molecule has 2 N–H and O–H groups in total. The number of hydrogen-bond acceptors (Lipinski definition) is 3. The topological polar surface area (TPSA) is 56.7 Å². The molecule has 0 saturated carbocycles. The first-order chi connectivity index (χ1) is 9.55. The Morgan fingerprint density at radius 3 is 2.70 bits per heavy atom. The van der Waals surface area contributed by atoms with Gasteiger partial charge in [0.1, 0.15) is 16.6 Å². The first-order valence-electron chi connectivity index (χ1n) is 6.56. The largest absolute Gasteiger partial charge is 0.389 e. The van der Waals surface area contributed by atoms with Crippen molar-refractivity contribution in [3.8, 4) is 0 Å². The van der Waals surface area contributed by atoms with Gasteiger partial charge in [0, 0.05) is 18.4 Å². The lowest BCUT2D eigenvalue weighted by molar-refractivity contribution is 0.616. The summed E-state index contributed by atoms with van der Waals surface area (Å²) in [6.07, 6.45) is 1.60. The van der Waals surface area contributed by atoms with Crippen LogP contribution in [0.3, 0.4) is 0 Å². The number of halogens is 1. The lowest BCUT2D eigenvalue weighted by Gasteiger charge is -2.07. The average molecular weight is 292 g/mol. The van der Waals surface area contributed by atoms with Crippen molar-refractivity contribution in [2.24, 2.45) is 5.73 Å². The van der Waals surface area contributed by atoms with E-state index in [1.165, 1.54) is 6.07 Å². The fourth-order valence-electron chi connectivity index (χ4n) is 2.00. The first kappa shape index (κ1) is 14.6. The molecule has 1 heterocycles. The predicted octanol–water partition coefficient (Wildman–Crippen LogP) is 2.22. The average Bonchev–Trinajstić information content (AvgIpc) is 2.83. The van der Waals surface area contributed by atoms with Crippen LogP contribution in [0.2, 0.25) is 0 Å². The predicted molar refractivity (Wildman–Crippen MR) is 80.2 cm³/mol. The smallest absolute Gasteiger partial charge is 0.150 e. The second-order valence-electron chi connectivity index (χ2n) is 4.49. The normalized spacial score (nSPS) is 10.8. The summed E-state index contributed by atoms with van der Waals surface area (Å²) in [7, 11) is 0. The maximum absolute atomic E-state index is 13.6. The van der Waals surface area contributed by atoms with E-state index in [1.54, 1.807) is 12.1 Å². The van der Waals surface area contributed by atoms with Gasteiger partial charge in [0.15, 0.2) is 5.82 Å². The van der Waals surface area contributed by atoms with Crippen molar-refractivity contribution in [2.75, 3.05) is 0 Å². The van der Waals surface area contributed by atoms with Gasteiger partial charge in [-0.1, -0.05) is 32.1 Å². The van der Waals surface area contributed by atoms with E-state index in [1.807, 2.05) is 18.5 Å². The van der Waals surface area contributed by atoms with Crippen molar-refractivity contribution >= 4 is 17.2 Å². The van der Waals surface area contributed by atoms with Gasteiger partial charge in [0.2, 0.25) is 0 Å². The van der Waals surface area contributed by atoms with Crippen LogP contribution in [0, 0.1) is 5.82 Å². The molecule has 1 aromatic heterocycles. The van der Waals surface area contributed by atoms with Crippen LogP contribution in [-0.4, -0.2) is 19.8 Å². The summed E-state index contributed by atoms with van der Waals surface area (Å²) in [6.45, 7) is 4.58. The van der Waals surface area contributed by atoms with Crippen molar-refractivity contribution in [3.63, 3.8) is 0 Å². The third-order valence-corrected chi connectivity index (χ3v) is 3.27. The highest BCUT2D eigenvalue weighted by atomic mass is 32.1. The van der Waals surface area contributed by atoms with Gasteiger partial charge in [-0.3, -0.25) is 0 Å². The van der Waals surface area contributed by atoms with Gasteiger partial charge in [-0.2, -0.15) is 5.10 Å². The Balaban J connectivity index is 2.32. The van der Waals surface area contributed by atoms with Crippen LogP contribution in [0.5, 0.6) is 0 Å². The highest BCUT2D eigenvalue weighted by molar-refractivity contribution is 7.80. The molecular weight excluding hydrogens is 275 g/mol. The molecule has 0 aliphatic rings. The Kier molecular flexibility index (Phi) is 4.44. The zero-order chi connectivity index (χ0) is 14.7. The highest BCUT2D eigenvalue weighted by Crippen LogP contribution is 2.13. The molecule has 0 unspecified atom stereocenters. The van der Waals surface area contributed by atoms with E-state index < -0.39 is 5.82 Å². The first-order valence-corrected chi connectivity index (χ1v) is 6.96. The summed E-state index contributed by atoms with van der Waals surface area (Å²) in [6, 6.07) is 4.77. The lowest BCUT2D eigenvalue weighted by Crippen LogP contribution is -2.13. The summed E-state index contributed by atoms with van der Waals surface area (Å²) in [4.78, 5) is 4.51. The van der Waals surface area contributed by atoms with Gasteiger partial charge in [-0.05, 0) is 17.7 Å². The van der Waals surface area contributed by atoms with E-state index in [2.05, 4.69) is 10.1 Å². The van der Waals surface area contributed by atoms with Gasteiger partial charge in [0.05, 0.1) is 6.54 Å². The van der Waals surface area contributed by atoms with Crippen LogP contribution in [0.25, 0.3) is 0 Å². The minimum Gasteiger partial charge on any atom is -0.389 e. The zero-order valence-corrected chi connectivity index (χ0v) is 12.4. The van der Waals surface area contributed by atoms with Crippen molar-refractivity contribution in [1.82, 2.24) is 14.8 Å². The molecule has 0 atom stereocenters. The molecule has 0 amide bonds. The van der Waals surface area contributed by atoms with Crippen LogP contribution >= 0.6 is 12.2 Å². The summed E-state index contributed by atoms with van der Waals surface area (Å²) in [5, 5.41) is 4.44. The van der Waals surface area contributed by atoms with Gasteiger partial charge >= 0.3 is 0 Å². The third kappa shape index (κ3) is 3.01. The number of aromatic nitrogens is 3. The van der Waals surface area contributed by atoms with E-state index in [9.17, 15) is 4.39 Å². The van der Waals surface area contributed by atoms with Crippen LogP contribution in [-0.2, 0) is 19.4 Å². The standard InChI is InChI=1S/C14H17FN4S/c1-3-12-17-13(4-2)19(18-12)8-9-5-6-11(15)10(7-9)14(16)20/h5-7H,3-4,8H2,1-2H3,(H2,16,20). The number of benzene rings is 1. The van der Waals surface area contributed by atoms with E-state index in [4.69, 9.17) is 18.0 Å². The van der Waals surface area contributed by atoms with E-state index in [0.717, 1.165) is 30.1 Å². The molecule has 0 radical (unpaired) electrons. The molecule has 106 valence electrons. The highest BCUT2D eigenvalue weighted by Gasteiger charge is 2.10. The van der Waals surface area contributed by atoms with Crippen molar-refractivity contribution in [3.05, 3.63) is 46.8 Å². The van der Waals surface area contributed by atoms with Gasteiger partial charge in [-0.15, -0.1) is 0 Å². The molecular formula is C14H17FN4S. The minimum atomic E-state index is -0.398. The van der Waals surface area contributed by atoms with Crippen LogP contribution in [0.15, 0.2) is 18.2 Å². The molecule has 0 aliphatic heterocycles. The van der Waals surface area contributed by atoms with E-state index >= 15 is 0 Å². The number of thiocarbonyl (C=S) groups is 1. The summed E-state index contributed by atoms with van der Waals surface area (Å²) in [5.74, 6) is 1.34. The molecule has 0 fully saturated rings. The van der Waals surface area contributed by atoms with Crippen molar-refractivity contribution in [2.45, 2.75) is 33.2 Å². The number of hydrogen-bond donors (Lipinski definition) is 1. The SMILES string of the molecule is CCc1nc(CC)n(Cc2ccc(F)c(C(N)=S)c2)n1. The molecule has 6 heteroatoms. The number of nitrogens with zero attached hydrogens (tertiary/aromatic N) is 3. The summed E-state index contributed by atoms with van der Waals surface area (Å²) >= 11 is 4.85. The van der Waals surface area contributed by atoms with Crippen LogP contribution in [0.4, 0.5) is 4.39 Å². The third-order valence-electron chi connectivity index (χ3n) is 3.05. The number of aryl methyl sites for hydroxylation is 2. The second kappa shape index (κ2) is 6.09. The fraction of sp³-hybridized carbons (Fsp3) is 0.357. The lowest BCUT2D eigenvalue weighted by atomic mass is 10.1. The summed E-state index contributed by atoms with van der Waals surface area (Å²) in [5.41, 5.74) is 6.68. The minimum absolute atomic E-state index is 0.0629. The van der Waals surface area contributed by atoms with Gasteiger partial charge < -0.3 is 5.73 Å². The molecule has 0 aliphatic carbocycles. The molecule has 2 aromatic rings. The van der Waals surface area contributed by atoms with Crippen LogP contribution < -0.4 is 5.73 Å². The van der Waals surface area contributed by atoms with Crippen LogP contribution in [0.1, 0.15) is 36.6 Å². The molecule has 0 saturated heterocycles. The van der Waals surface area contributed by atoms with E-state index in [0.29, 0.717) is 6.54 Å². The Morgan fingerprint density at radius 1 is 1.35 bits per heavy atom. The zero-order valence-electron chi connectivity index (χ0n) is 11.6. The quantitative estimate of drug-likeness (QED) is 0.859. The number of rotatable bonds is 5. The summed E-state index contributed by atoms with van der Waals surface area (Å²) < 4.78 is 15.4. The second-order valence-corrected chi connectivity index (χ2v) is 4.93. The molecule has 0 spiro atoms. The van der Waals surface area contributed by atoms with Crippen molar-refractivity contribution < 1.29 is 4.39 Å². The molecule has 20 heavy (non-hydrogen) atoms. The molecule has 0 bridgehead atoms. The molecule has 4 nitrogen and oxygen atoms in total. The van der Waals surface area contributed by atoms with Gasteiger partial charge in [0.25, 0.3) is 0 Å². The maximum atomic E-state index is 13.6. The Hall–Kier alpha value is -1.82. The Morgan fingerprint density at radius 2 is 2.10 bits per heavy atom. The van der Waals surface area contributed by atoms with E-state index in [-0.39, 0.29) is 10.6 Å². The number of nitrogens with two attached hydrogens (primary N) is 1. The Labute approximate surface area is 122 Å². The Bertz CT molecular complexity index is 636.